The maximum Gasteiger partial charge on any atom is 0.322 e. The first-order valence-corrected chi connectivity index (χ1v) is 10.8. The van der Waals surface area contributed by atoms with Crippen molar-refractivity contribution in [1.29, 1.82) is 0 Å². The maximum absolute atomic E-state index is 13.1. The number of carboxylic acid groups (broad SMARTS) is 1. The number of ether oxygens (including phenoxy) is 2. The molecule has 0 radical (unpaired) electrons. The van der Waals surface area contributed by atoms with Crippen LogP contribution in [0.4, 0.5) is 10.5 Å². The van der Waals surface area contributed by atoms with Crippen molar-refractivity contribution in [2.75, 3.05) is 25.1 Å². The van der Waals surface area contributed by atoms with Gasteiger partial charge in [-0.25, -0.2) is 4.79 Å². The maximum atomic E-state index is 13.1. The van der Waals surface area contributed by atoms with Crippen LogP contribution in [0.3, 0.4) is 0 Å². The molecule has 1 heterocycles. The molecule has 7 nitrogen and oxygen atoms in total. The van der Waals surface area contributed by atoms with E-state index in [1.54, 1.807) is 24.3 Å². The van der Waals surface area contributed by atoms with Crippen LogP contribution in [0.15, 0.2) is 30.3 Å². The van der Waals surface area contributed by atoms with E-state index in [0.29, 0.717) is 53.4 Å². The van der Waals surface area contributed by atoms with Crippen molar-refractivity contribution in [1.82, 2.24) is 4.90 Å². The van der Waals surface area contributed by atoms with Crippen LogP contribution in [0.1, 0.15) is 37.4 Å². The monoisotopic (exact) mass is 466 g/mol. The Balaban J connectivity index is 1.96. The van der Waals surface area contributed by atoms with Crippen molar-refractivity contribution < 1.29 is 24.2 Å². The summed E-state index contributed by atoms with van der Waals surface area (Å²) in [6.07, 6.45) is 0.303. The van der Waals surface area contributed by atoms with Gasteiger partial charge in [-0.3, -0.25) is 4.79 Å². The molecule has 2 N–H and O–H groups in total. The average molecular weight is 467 g/mol. The van der Waals surface area contributed by atoms with Crippen LogP contribution in [-0.4, -0.2) is 41.8 Å². The summed E-state index contributed by atoms with van der Waals surface area (Å²) in [4.78, 5) is 26.2. The van der Waals surface area contributed by atoms with Crippen molar-refractivity contribution in [3.8, 4) is 11.5 Å². The van der Waals surface area contributed by atoms with Crippen molar-refractivity contribution in [2.24, 2.45) is 0 Å². The van der Waals surface area contributed by atoms with Gasteiger partial charge >= 0.3 is 12.0 Å². The molecule has 0 fully saturated rings. The molecule has 2 aromatic carbocycles. The number of nitrogens with one attached hydrogen (secondary N) is 1. The number of rotatable bonds is 7. The molecule has 1 atom stereocenters. The molecule has 0 bridgehead atoms. The van der Waals surface area contributed by atoms with E-state index in [1.165, 1.54) is 4.90 Å². The van der Waals surface area contributed by atoms with Gasteiger partial charge in [-0.15, -0.1) is 0 Å². The Morgan fingerprint density at radius 1 is 1.13 bits per heavy atom. The van der Waals surface area contributed by atoms with Crippen molar-refractivity contribution >= 4 is 40.9 Å². The third-order valence-electron chi connectivity index (χ3n) is 4.96. The Kier molecular flexibility index (Phi) is 7.51. The molecule has 31 heavy (non-hydrogen) atoms. The lowest BCUT2D eigenvalue weighted by atomic mass is 9.90. The molecule has 1 aliphatic rings. The lowest BCUT2D eigenvalue weighted by Gasteiger charge is -2.37. The zero-order valence-electron chi connectivity index (χ0n) is 17.3. The van der Waals surface area contributed by atoms with E-state index < -0.39 is 18.0 Å². The fourth-order valence-electron chi connectivity index (χ4n) is 3.65. The summed E-state index contributed by atoms with van der Waals surface area (Å²) in [5.41, 5.74) is 2.02. The predicted octanol–water partition coefficient (Wildman–Crippen LogP) is 5.40. The van der Waals surface area contributed by atoms with Gasteiger partial charge < -0.3 is 24.8 Å². The van der Waals surface area contributed by atoms with E-state index in [-0.39, 0.29) is 6.42 Å². The summed E-state index contributed by atoms with van der Waals surface area (Å²) in [5, 5.41) is 13.0. The van der Waals surface area contributed by atoms with Crippen LogP contribution in [0.2, 0.25) is 10.0 Å². The number of benzene rings is 2. The van der Waals surface area contributed by atoms with Crippen LogP contribution in [0.5, 0.6) is 11.5 Å². The molecule has 0 unspecified atom stereocenters. The topological polar surface area (TPSA) is 88.1 Å². The standard InChI is InChI=1S/C22H24Cl2N2O5/c1-3-30-19-9-13-7-8-26(22(29)25-17-10-14(23)5-6-16(17)24)18(12-21(27)28)15(13)11-20(19)31-4-2/h5-6,9-11,18H,3-4,7-8,12H2,1-2H3,(H,25,29)(H,27,28)/t18-/m0/s1. The third-order valence-corrected chi connectivity index (χ3v) is 5.53. The summed E-state index contributed by atoms with van der Waals surface area (Å²) in [5.74, 6) is 0.128. The molecule has 3 rings (SSSR count). The largest absolute Gasteiger partial charge is 0.490 e. The first kappa shape index (κ1) is 23.0. The summed E-state index contributed by atoms with van der Waals surface area (Å²) in [7, 11) is 0. The quantitative estimate of drug-likeness (QED) is 0.570. The van der Waals surface area contributed by atoms with Crippen molar-refractivity contribution in [3.63, 3.8) is 0 Å². The summed E-state index contributed by atoms with van der Waals surface area (Å²) in [6.45, 7) is 4.99. The van der Waals surface area contributed by atoms with E-state index in [1.807, 2.05) is 19.9 Å². The van der Waals surface area contributed by atoms with Crippen LogP contribution in [-0.2, 0) is 11.2 Å². The van der Waals surface area contributed by atoms with Gasteiger partial charge in [0.25, 0.3) is 0 Å². The van der Waals surface area contributed by atoms with Crippen LogP contribution >= 0.6 is 23.2 Å². The summed E-state index contributed by atoms with van der Waals surface area (Å²) in [6, 6.07) is 7.29. The van der Waals surface area contributed by atoms with Crippen LogP contribution in [0.25, 0.3) is 0 Å². The van der Waals surface area contributed by atoms with Gasteiger partial charge in [-0.05, 0) is 61.7 Å². The Bertz CT molecular complexity index is 983. The third kappa shape index (κ3) is 5.35. The van der Waals surface area contributed by atoms with Gasteiger partial charge in [0.05, 0.1) is 36.4 Å². The Morgan fingerprint density at radius 2 is 1.81 bits per heavy atom. The molecule has 0 saturated heterocycles. The highest BCUT2D eigenvalue weighted by Crippen LogP contribution is 2.40. The number of carboxylic acids is 1. The molecule has 2 aromatic rings. The highest BCUT2D eigenvalue weighted by Gasteiger charge is 2.34. The second kappa shape index (κ2) is 10.1. The second-order valence-electron chi connectivity index (χ2n) is 6.98. The van der Waals surface area contributed by atoms with Crippen molar-refractivity contribution in [2.45, 2.75) is 32.7 Å². The molecule has 0 saturated carbocycles. The Hall–Kier alpha value is -2.64. The smallest absolute Gasteiger partial charge is 0.322 e. The minimum Gasteiger partial charge on any atom is -0.490 e. The van der Waals surface area contributed by atoms with Crippen LogP contribution in [0, 0.1) is 0 Å². The van der Waals surface area contributed by atoms with E-state index in [0.717, 1.165) is 11.1 Å². The zero-order chi connectivity index (χ0) is 22.5. The first-order chi connectivity index (χ1) is 14.8. The first-order valence-electron chi connectivity index (χ1n) is 10.0. The number of nitrogens with zero attached hydrogens (tertiary/aromatic N) is 1. The highest BCUT2D eigenvalue weighted by molar-refractivity contribution is 6.35. The molecule has 166 valence electrons. The number of hydrogen-bond donors (Lipinski definition) is 2. The molecule has 0 spiro atoms. The number of urea groups is 1. The number of carbonyl (C=O) groups is 2. The summed E-state index contributed by atoms with van der Waals surface area (Å²) < 4.78 is 11.4. The van der Waals surface area contributed by atoms with Gasteiger partial charge in [-0.1, -0.05) is 23.2 Å². The number of carbonyl (C=O) groups excluding carboxylic acids is 1. The van der Waals surface area contributed by atoms with E-state index >= 15 is 0 Å². The number of amides is 2. The SMILES string of the molecule is CCOc1cc2c(cc1OCC)[C@H](CC(=O)O)N(C(=O)Nc1cc(Cl)ccc1Cl)CC2. The molecule has 9 heteroatoms. The summed E-state index contributed by atoms with van der Waals surface area (Å²) >= 11 is 12.2. The number of fused-ring (bicyclic) bond motifs is 1. The molecular formula is C22H24Cl2N2O5. The normalized spacial score (nSPS) is 15.2. The molecule has 0 aromatic heterocycles. The minimum absolute atomic E-state index is 0.247. The lowest BCUT2D eigenvalue weighted by Crippen LogP contribution is -2.43. The molecule has 2 amide bonds. The highest BCUT2D eigenvalue weighted by atomic mass is 35.5. The predicted molar refractivity (Wildman–Crippen MR) is 120 cm³/mol. The number of halogens is 2. The van der Waals surface area contributed by atoms with Gasteiger partial charge in [0.1, 0.15) is 0 Å². The minimum atomic E-state index is -1.01. The van der Waals surface area contributed by atoms with Gasteiger partial charge in [0.15, 0.2) is 11.5 Å². The van der Waals surface area contributed by atoms with Crippen LogP contribution < -0.4 is 14.8 Å². The lowest BCUT2D eigenvalue weighted by molar-refractivity contribution is -0.138. The number of hydrogen-bond acceptors (Lipinski definition) is 4. The number of anilines is 1. The van der Waals surface area contributed by atoms with E-state index in [9.17, 15) is 14.7 Å². The average Bonchev–Trinajstić information content (AvgIpc) is 2.71. The molecule has 0 aliphatic carbocycles. The van der Waals surface area contributed by atoms with Crippen molar-refractivity contribution in [3.05, 3.63) is 51.5 Å². The molecular weight excluding hydrogens is 443 g/mol. The fourth-order valence-corrected chi connectivity index (χ4v) is 3.99. The number of aliphatic carboxylic acids is 1. The Morgan fingerprint density at radius 3 is 2.45 bits per heavy atom. The fraction of sp³-hybridized carbons (Fsp3) is 0.364. The van der Waals surface area contributed by atoms with Gasteiger partial charge in [-0.2, -0.15) is 0 Å². The Labute approximate surface area is 190 Å². The van der Waals surface area contributed by atoms with Gasteiger partial charge in [0, 0.05) is 11.6 Å². The van der Waals surface area contributed by atoms with Gasteiger partial charge in [0.2, 0.25) is 0 Å². The van der Waals surface area contributed by atoms with E-state index in [4.69, 9.17) is 32.7 Å². The second-order valence-corrected chi connectivity index (χ2v) is 7.82. The zero-order valence-corrected chi connectivity index (χ0v) is 18.8. The van der Waals surface area contributed by atoms with E-state index in [2.05, 4.69) is 5.32 Å². The molecule has 1 aliphatic heterocycles.